The van der Waals surface area contributed by atoms with Crippen LogP contribution in [0.5, 0.6) is 23.0 Å². The van der Waals surface area contributed by atoms with Crippen molar-refractivity contribution in [3.63, 3.8) is 0 Å². The Hall–Kier alpha value is -2.73. The number of Topliss-reactive ketones (excluding diaryl/α,β-unsaturated/α-hetero) is 1. The molecule has 0 amide bonds. The standard InChI is InChI=1S/C17H16O6/c1-21-11-8-10(18)16(22-2)17-12(11)13(19)14(20)15(23-17)9-6-4-3-5-7-9/h3-8,14-15,18,20H,1-2H3. The summed E-state index contributed by atoms with van der Waals surface area (Å²) >= 11 is 0. The zero-order valence-corrected chi connectivity index (χ0v) is 12.6. The number of benzene rings is 2. The van der Waals surface area contributed by atoms with Crippen LogP contribution in [-0.4, -0.2) is 36.3 Å². The minimum Gasteiger partial charge on any atom is -0.504 e. The van der Waals surface area contributed by atoms with Gasteiger partial charge in [-0.25, -0.2) is 0 Å². The number of aliphatic hydroxyl groups is 1. The molecule has 0 radical (unpaired) electrons. The largest absolute Gasteiger partial charge is 0.504 e. The summed E-state index contributed by atoms with van der Waals surface area (Å²) in [6.45, 7) is 0. The molecule has 0 bridgehead atoms. The molecule has 23 heavy (non-hydrogen) atoms. The Kier molecular flexibility index (Phi) is 3.83. The zero-order chi connectivity index (χ0) is 16.6. The van der Waals surface area contributed by atoms with Crippen LogP contribution in [0.1, 0.15) is 22.0 Å². The van der Waals surface area contributed by atoms with Gasteiger partial charge >= 0.3 is 0 Å². The minimum absolute atomic E-state index is 0.0296. The van der Waals surface area contributed by atoms with E-state index in [0.29, 0.717) is 5.56 Å². The molecule has 3 rings (SSSR count). The van der Waals surface area contributed by atoms with Gasteiger partial charge in [0.1, 0.15) is 11.3 Å². The number of hydrogen-bond acceptors (Lipinski definition) is 6. The first-order valence-corrected chi connectivity index (χ1v) is 7.00. The number of aromatic hydroxyl groups is 1. The molecule has 1 aliphatic heterocycles. The zero-order valence-electron chi connectivity index (χ0n) is 12.6. The quantitative estimate of drug-likeness (QED) is 0.902. The predicted octanol–water partition coefficient (Wildman–Crippen LogP) is 2.09. The van der Waals surface area contributed by atoms with Crippen molar-refractivity contribution < 1.29 is 29.2 Å². The number of hydrogen-bond donors (Lipinski definition) is 2. The van der Waals surface area contributed by atoms with Crippen molar-refractivity contribution in [2.24, 2.45) is 0 Å². The summed E-state index contributed by atoms with van der Waals surface area (Å²) in [4.78, 5) is 12.6. The number of ketones is 1. The molecular weight excluding hydrogens is 300 g/mol. The average molecular weight is 316 g/mol. The Balaban J connectivity index is 2.18. The number of aliphatic hydroxyl groups excluding tert-OH is 1. The molecular formula is C17H16O6. The lowest BCUT2D eigenvalue weighted by atomic mass is 9.92. The Morgan fingerprint density at radius 2 is 1.83 bits per heavy atom. The molecule has 0 spiro atoms. The molecule has 0 saturated carbocycles. The Bertz CT molecular complexity index is 740. The fourth-order valence-electron chi connectivity index (χ4n) is 2.68. The van der Waals surface area contributed by atoms with Gasteiger partial charge in [0.05, 0.1) is 14.2 Å². The van der Waals surface area contributed by atoms with Gasteiger partial charge in [0.2, 0.25) is 11.5 Å². The van der Waals surface area contributed by atoms with Crippen molar-refractivity contribution in [3.05, 3.63) is 47.5 Å². The highest BCUT2D eigenvalue weighted by atomic mass is 16.5. The number of carbonyl (C=O) groups is 1. The molecule has 2 atom stereocenters. The van der Waals surface area contributed by atoms with Crippen molar-refractivity contribution in [1.82, 2.24) is 0 Å². The van der Waals surface area contributed by atoms with Crippen LogP contribution in [0, 0.1) is 0 Å². The summed E-state index contributed by atoms with van der Waals surface area (Å²) in [5.41, 5.74) is 0.699. The molecule has 2 aromatic carbocycles. The fourth-order valence-corrected chi connectivity index (χ4v) is 2.68. The van der Waals surface area contributed by atoms with E-state index in [-0.39, 0.29) is 28.6 Å². The maximum atomic E-state index is 12.6. The molecule has 120 valence electrons. The van der Waals surface area contributed by atoms with Gasteiger partial charge in [-0.2, -0.15) is 0 Å². The number of phenols is 1. The van der Waals surface area contributed by atoms with Crippen LogP contribution in [0.2, 0.25) is 0 Å². The summed E-state index contributed by atoms with van der Waals surface area (Å²) in [6.07, 6.45) is -2.27. The van der Waals surface area contributed by atoms with Crippen LogP contribution in [-0.2, 0) is 0 Å². The van der Waals surface area contributed by atoms with Crippen molar-refractivity contribution >= 4 is 5.78 Å². The molecule has 0 aromatic heterocycles. The van der Waals surface area contributed by atoms with Gasteiger partial charge in [-0.15, -0.1) is 0 Å². The highest BCUT2D eigenvalue weighted by Gasteiger charge is 2.41. The van der Waals surface area contributed by atoms with Crippen molar-refractivity contribution in [2.45, 2.75) is 12.2 Å². The van der Waals surface area contributed by atoms with Crippen LogP contribution < -0.4 is 14.2 Å². The molecule has 2 aromatic rings. The van der Waals surface area contributed by atoms with E-state index in [9.17, 15) is 15.0 Å². The topological polar surface area (TPSA) is 85.2 Å². The van der Waals surface area contributed by atoms with E-state index in [1.54, 1.807) is 24.3 Å². The van der Waals surface area contributed by atoms with Crippen LogP contribution in [0.25, 0.3) is 0 Å². The first kappa shape index (κ1) is 15.2. The monoisotopic (exact) mass is 316 g/mol. The molecule has 1 aliphatic rings. The van der Waals surface area contributed by atoms with Crippen molar-refractivity contribution in [2.75, 3.05) is 14.2 Å². The van der Waals surface area contributed by atoms with Crippen LogP contribution in [0.4, 0.5) is 0 Å². The Morgan fingerprint density at radius 1 is 1.13 bits per heavy atom. The average Bonchev–Trinajstić information content (AvgIpc) is 2.57. The second-order valence-electron chi connectivity index (χ2n) is 5.09. The lowest BCUT2D eigenvalue weighted by Gasteiger charge is -2.31. The maximum Gasteiger partial charge on any atom is 0.204 e. The van der Waals surface area contributed by atoms with Gasteiger partial charge in [-0.1, -0.05) is 30.3 Å². The molecule has 6 nitrogen and oxygen atoms in total. The molecule has 6 heteroatoms. The van der Waals surface area contributed by atoms with Crippen molar-refractivity contribution in [3.8, 4) is 23.0 Å². The highest BCUT2D eigenvalue weighted by molar-refractivity contribution is 6.06. The van der Waals surface area contributed by atoms with E-state index in [0.717, 1.165) is 0 Å². The number of fused-ring (bicyclic) bond motifs is 1. The van der Waals surface area contributed by atoms with Gasteiger partial charge in [-0.3, -0.25) is 4.79 Å². The van der Waals surface area contributed by atoms with Crippen LogP contribution >= 0.6 is 0 Å². The first-order chi connectivity index (χ1) is 11.1. The number of carbonyl (C=O) groups excluding carboxylic acids is 1. The molecule has 2 N–H and O–H groups in total. The number of ether oxygens (including phenoxy) is 3. The van der Waals surface area contributed by atoms with E-state index in [1.165, 1.54) is 20.3 Å². The minimum atomic E-state index is -1.38. The molecule has 0 fully saturated rings. The van der Waals surface area contributed by atoms with E-state index < -0.39 is 18.0 Å². The number of rotatable bonds is 3. The molecule has 2 unspecified atom stereocenters. The summed E-state index contributed by atoms with van der Waals surface area (Å²) in [5, 5.41) is 20.4. The Morgan fingerprint density at radius 3 is 2.43 bits per heavy atom. The van der Waals surface area contributed by atoms with Gasteiger partial charge in [0, 0.05) is 6.07 Å². The third kappa shape index (κ3) is 2.37. The van der Waals surface area contributed by atoms with Gasteiger partial charge in [0.25, 0.3) is 0 Å². The number of methoxy groups -OCH3 is 2. The molecule has 0 aliphatic carbocycles. The van der Waals surface area contributed by atoms with Gasteiger partial charge in [-0.05, 0) is 5.56 Å². The predicted molar refractivity (Wildman–Crippen MR) is 81.4 cm³/mol. The Labute approximate surface area is 132 Å². The van der Waals surface area contributed by atoms with Gasteiger partial charge in [0.15, 0.2) is 23.7 Å². The lowest BCUT2D eigenvalue weighted by Crippen LogP contribution is -2.36. The SMILES string of the molecule is COc1cc(O)c(OC)c2c1C(=O)C(O)C(c1ccccc1)O2. The summed E-state index contributed by atoms with van der Waals surface area (Å²) in [5.74, 6) is -0.543. The third-order valence-corrected chi connectivity index (χ3v) is 3.78. The van der Waals surface area contributed by atoms with E-state index in [2.05, 4.69) is 0 Å². The molecule has 1 heterocycles. The van der Waals surface area contributed by atoms with E-state index >= 15 is 0 Å². The fraction of sp³-hybridized carbons (Fsp3) is 0.235. The summed E-state index contributed by atoms with van der Waals surface area (Å²) in [7, 11) is 2.72. The highest BCUT2D eigenvalue weighted by Crippen LogP contribution is 2.49. The smallest absolute Gasteiger partial charge is 0.204 e. The first-order valence-electron chi connectivity index (χ1n) is 7.00. The van der Waals surface area contributed by atoms with Crippen LogP contribution in [0.3, 0.4) is 0 Å². The normalized spacial score (nSPS) is 19.7. The molecule has 0 saturated heterocycles. The number of phenolic OH excluding ortho intramolecular Hbond substituents is 1. The van der Waals surface area contributed by atoms with Crippen molar-refractivity contribution in [1.29, 1.82) is 0 Å². The lowest BCUT2D eigenvalue weighted by molar-refractivity contribution is 0.0197. The van der Waals surface area contributed by atoms with E-state index in [1.807, 2.05) is 6.07 Å². The summed E-state index contributed by atoms with van der Waals surface area (Å²) < 4.78 is 16.1. The maximum absolute atomic E-state index is 12.6. The van der Waals surface area contributed by atoms with Gasteiger partial charge < -0.3 is 24.4 Å². The van der Waals surface area contributed by atoms with E-state index in [4.69, 9.17) is 14.2 Å². The second-order valence-corrected chi connectivity index (χ2v) is 5.09. The van der Waals surface area contributed by atoms with Crippen LogP contribution in [0.15, 0.2) is 36.4 Å². The summed E-state index contributed by atoms with van der Waals surface area (Å²) in [6, 6.07) is 10.1. The second kappa shape index (κ2) is 5.81. The third-order valence-electron chi connectivity index (χ3n) is 3.78.